The molecule has 10 nitrogen and oxygen atoms in total. The van der Waals surface area contributed by atoms with Gasteiger partial charge in [0, 0.05) is 19.4 Å². The maximum Gasteiger partial charge on any atom is 0.407 e. The van der Waals surface area contributed by atoms with Crippen molar-refractivity contribution in [2.45, 2.75) is 91.6 Å². The van der Waals surface area contributed by atoms with Crippen LogP contribution in [0.3, 0.4) is 0 Å². The molecule has 1 aliphatic heterocycles. The van der Waals surface area contributed by atoms with E-state index in [9.17, 15) is 19.2 Å². The lowest BCUT2D eigenvalue weighted by atomic mass is 9.82. The Kier molecular flexibility index (Phi) is 13.1. The number of alkyl carbamates (subject to hydrolysis) is 1. The maximum absolute atomic E-state index is 14.3. The van der Waals surface area contributed by atoms with Gasteiger partial charge >= 0.3 is 6.09 Å². The van der Waals surface area contributed by atoms with Crippen LogP contribution in [0.2, 0.25) is 0 Å². The SMILES string of the molecule is COC(=O)N[C@@H](Cc1ccc(OC)cc1)C(=O)C[C@@H](C)CCCN1C(=O)[C@@](CC(C)C)(c2ccccc2)N=C1NC(=O)CC(C)(C)C. The lowest BCUT2D eigenvalue weighted by Gasteiger charge is -2.28. The van der Waals surface area contributed by atoms with Crippen LogP contribution in [0.25, 0.3) is 0 Å². The number of benzene rings is 2. The second kappa shape index (κ2) is 16.6. The van der Waals surface area contributed by atoms with Crippen LogP contribution in [0.5, 0.6) is 5.75 Å². The number of amides is 3. The van der Waals surface area contributed by atoms with E-state index < -0.39 is 17.7 Å². The number of guanidine groups is 1. The molecular weight excluding hydrogens is 596 g/mol. The average molecular weight is 649 g/mol. The topological polar surface area (TPSA) is 126 Å². The summed E-state index contributed by atoms with van der Waals surface area (Å²) in [5.74, 6) is 0.673. The van der Waals surface area contributed by atoms with Crippen molar-refractivity contribution in [2.75, 3.05) is 20.8 Å². The highest BCUT2D eigenvalue weighted by molar-refractivity contribution is 6.12. The number of ketones is 1. The van der Waals surface area contributed by atoms with Gasteiger partial charge in [-0.3, -0.25) is 24.6 Å². The molecule has 2 aromatic carbocycles. The van der Waals surface area contributed by atoms with Crippen LogP contribution in [-0.2, 0) is 31.1 Å². The lowest BCUT2D eigenvalue weighted by Crippen LogP contribution is -2.47. The molecule has 0 spiro atoms. The Hall–Kier alpha value is -4.21. The van der Waals surface area contributed by atoms with E-state index in [1.807, 2.05) is 82.3 Å². The molecule has 0 aliphatic carbocycles. The van der Waals surface area contributed by atoms with Gasteiger partial charge in [-0.2, -0.15) is 0 Å². The molecule has 3 atom stereocenters. The van der Waals surface area contributed by atoms with E-state index in [4.69, 9.17) is 14.5 Å². The third-order valence-corrected chi connectivity index (χ3v) is 8.14. The number of nitrogens with one attached hydrogen (secondary N) is 2. The first-order chi connectivity index (χ1) is 22.2. The summed E-state index contributed by atoms with van der Waals surface area (Å²) in [6.07, 6.45) is 1.91. The van der Waals surface area contributed by atoms with E-state index in [1.54, 1.807) is 12.0 Å². The lowest BCUT2D eigenvalue weighted by molar-refractivity contribution is -0.132. The Morgan fingerprint density at radius 3 is 2.21 bits per heavy atom. The summed E-state index contributed by atoms with van der Waals surface area (Å²) in [6.45, 7) is 12.4. The van der Waals surface area contributed by atoms with E-state index in [1.165, 1.54) is 7.11 Å². The van der Waals surface area contributed by atoms with Crippen molar-refractivity contribution in [2.24, 2.45) is 22.2 Å². The molecule has 0 bridgehead atoms. The maximum atomic E-state index is 14.3. The molecule has 0 aromatic heterocycles. The van der Waals surface area contributed by atoms with E-state index in [0.717, 1.165) is 11.1 Å². The van der Waals surface area contributed by atoms with Crippen LogP contribution in [-0.4, -0.2) is 61.4 Å². The van der Waals surface area contributed by atoms with Crippen molar-refractivity contribution in [1.82, 2.24) is 15.5 Å². The molecule has 47 heavy (non-hydrogen) atoms. The minimum atomic E-state index is -1.13. The van der Waals surface area contributed by atoms with Crippen molar-refractivity contribution < 1.29 is 28.7 Å². The Morgan fingerprint density at radius 1 is 0.979 bits per heavy atom. The minimum Gasteiger partial charge on any atom is -0.497 e. The Morgan fingerprint density at radius 2 is 1.64 bits per heavy atom. The summed E-state index contributed by atoms with van der Waals surface area (Å²) < 4.78 is 10.0. The molecule has 0 radical (unpaired) electrons. The Bertz CT molecular complexity index is 1400. The number of carbonyl (C=O) groups is 4. The van der Waals surface area contributed by atoms with Crippen LogP contribution < -0.4 is 15.4 Å². The fraction of sp³-hybridized carbons (Fsp3) is 0.541. The van der Waals surface area contributed by atoms with Gasteiger partial charge in [0.25, 0.3) is 5.91 Å². The van der Waals surface area contributed by atoms with Gasteiger partial charge in [-0.15, -0.1) is 0 Å². The molecule has 3 amide bonds. The smallest absolute Gasteiger partial charge is 0.407 e. The first-order valence-electron chi connectivity index (χ1n) is 16.4. The molecule has 3 rings (SSSR count). The van der Waals surface area contributed by atoms with Crippen LogP contribution in [0, 0.1) is 17.3 Å². The van der Waals surface area contributed by atoms with Crippen molar-refractivity contribution >= 4 is 29.7 Å². The van der Waals surface area contributed by atoms with Gasteiger partial charge in [-0.25, -0.2) is 9.79 Å². The second-order valence-electron chi connectivity index (χ2n) is 14.2. The third-order valence-electron chi connectivity index (χ3n) is 8.14. The Balaban J connectivity index is 1.74. The highest BCUT2D eigenvalue weighted by atomic mass is 16.5. The zero-order valence-corrected chi connectivity index (χ0v) is 29.2. The molecule has 1 heterocycles. The number of hydrogen-bond donors (Lipinski definition) is 2. The van der Waals surface area contributed by atoms with Crippen molar-refractivity contribution in [3.63, 3.8) is 0 Å². The predicted octanol–water partition coefficient (Wildman–Crippen LogP) is 6.03. The predicted molar refractivity (Wildman–Crippen MR) is 183 cm³/mol. The molecule has 0 fully saturated rings. The molecule has 0 unspecified atom stereocenters. The van der Waals surface area contributed by atoms with Crippen molar-refractivity contribution in [3.05, 3.63) is 65.7 Å². The second-order valence-corrected chi connectivity index (χ2v) is 14.2. The summed E-state index contributed by atoms with van der Waals surface area (Å²) in [5, 5.41) is 5.64. The zero-order chi connectivity index (χ0) is 34.8. The number of rotatable bonds is 15. The molecule has 0 saturated carbocycles. The zero-order valence-electron chi connectivity index (χ0n) is 29.2. The first-order valence-corrected chi connectivity index (χ1v) is 16.4. The Labute approximate surface area is 279 Å². The van der Waals surface area contributed by atoms with E-state index in [-0.39, 0.29) is 53.6 Å². The van der Waals surface area contributed by atoms with E-state index in [0.29, 0.717) is 38.0 Å². The fourth-order valence-corrected chi connectivity index (χ4v) is 5.93. The molecule has 2 N–H and O–H groups in total. The molecular formula is C37H52N4O6. The highest BCUT2D eigenvalue weighted by Gasteiger charge is 2.50. The number of methoxy groups -OCH3 is 2. The molecule has 10 heteroatoms. The molecule has 0 saturated heterocycles. The molecule has 2 aromatic rings. The van der Waals surface area contributed by atoms with Gasteiger partial charge in [0.15, 0.2) is 11.3 Å². The third kappa shape index (κ3) is 10.7. The van der Waals surface area contributed by atoms with Crippen molar-refractivity contribution in [1.29, 1.82) is 0 Å². The number of Topliss-reactive ketones (excluding diaryl/α,β-unsaturated/α-hetero) is 1. The minimum absolute atomic E-state index is 0.0246. The van der Waals surface area contributed by atoms with Gasteiger partial charge in [0.05, 0.1) is 20.3 Å². The number of carbonyl (C=O) groups excluding carboxylic acids is 4. The van der Waals surface area contributed by atoms with Crippen LogP contribution in [0.1, 0.15) is 84.8 Å². The quantitative estimate of drug-likeness (QED) is 0.243. The van der Waals surface area contributed by atoms with E-state index >= 15 is 0 Å². The average Bonchev–Trinajstić information content (AvgIpc) is 3.26. The monoisotopic (exact) mass is 648 g/mol. The van der Waals surface area contributed by atoms with E-state index in [2.05, 4.69) is 24.5 Å². The molecule has 256 valence electrons. The standard InChI is InChI=1S/C37H52N4O6/c1-25(2)23-37(28-14-10-9-11-15-28)33(44)41(34(40-37)39-32(43)24-36(4,5)6)20-12-13-26(3)21-31(42)30(38-35(45)47-8)22-27-16-18-29(46-7)19-17-27/h9-11,14-19,25-26,30H,12-13,20-24H2,1-8H3,(H,38,45)(H,39,40,43)/t26-,30-,37+/m0/s1. The fourth-order valence-electron chi connectivity index (χ4n) is 5.93. The summed E-state index contributed by atoms with van der Waals surface area (Å²) in [7, 11) is 2.85. The number of aliphatic imine (C=N–C) groups is 1. The summed E-state index contributed by atoms with van der Waals surface area (Å²) in [4.78, 5) is 59.4. The van der Waals surface area contributed by atoms with Crippen LogP contribution in [0.15, 0.2) is 59.6 Å². The van der Waals surface area contributed by atoms with Crippen molar-refractivity contribution in [3.8, 4) is 5.75 Å². The molecule has 1 aliphatic rings. The number of hydrogen-bond acceptors (Lipinski definition) is 7. The first kappa shape index (κ1) is 37.2. The van der Waals surface area contributed by atoms with Gasteiger partial charge in [-0.1, -0.05) is 84.0 Å². The van der Waals surface area contributed by atoms with Gasteiger partial charge < -0.3 is 14.8 Å². The van der Waals surface area contributed by atoms with Crippen LogP contribution in [0.4, 0.5) is 4.79 Å². The summed E-state index contributed by atoms with van der Waals surface area (Å²) in [6, 6.07) is 16.1. The largest absolute Gasteiger partial charge is 0.497 e. The van der Waals surface area contributed by atoms with Gasteiger partial charge in [-0.05, 0) is 66.2 Å². The van der Waals surface area contributed by atoms with Crippen LogP contribution >= 0.6 is 0 Å². The van der Waals surface area contributed by atoms with Gasteiger partial charge in [0.1, 0.15) is 5.75 Å². The summed E-state index contributed by atoms with van der Waals surface area (Å²) in [5.41, 5.74) is 0.311. The highest BCUT2D eigenvalue weighted by Crippen LogP contribution is 2.39. The van der Waals surface area contributed by atoms with Gasteiger partial charge in [0.2, 0.25) is 11.9 Å². The number of ether oxygens (including phenoxy) is 2. The summed E-state index contributed by atoms with van der Waals surface area (Å²) >= 11 is 0. The normalized spacial score (nSPS) is 17.6. The number of nitrogens with zero attached hydrogens (tertiary/aromatic N) is 2.